The first kappa shape index (κ1) is 12.3. The molecule has 5 nitrogen and oxygen atoms in total. The summed E-state index contributed by atoms with van der Waals surface area (Å²) in [6.45, 7) is 0. The van der Waals surface area contributed by atoms with Gasteiger partial charge in [-0.1, -0.05) is 0 Å². The molecule has 1 aromatic heterocycles. The molecule has 1 rings (SSSR count). The summed E-state index contributed by atoms with van der Waals surface area (Å²) in [4.78, 5) is 22.8. The number of aryl methyl sites for hydroxylation is 1. The number of rotatable bonds is 4. The monoisotopic (exact) mass is 225 g/mol. The highest BCUT2D eigenvalue weighted by atomic mass is 16.5. The van der Waals surface area contributed by atoms with Gasteiger partial charge >= 0.3 is 11.9 Å². The average Bonchev–Trinajstić information content (AvgIpc) is 2.70. The zero-order valence-electron chi connectivity index (χ0n) is 9.60. The van der Waals surface area contributed by atoms with Crippen molar-refractivity contribution in [2.75, 3.05) is 14.2 Å². The van der Waals surface area contributed by atoms with E-state index in [-0.39, 0.29) is 6.42 Å². The number of esters is 2. The van der Waals surface area contributed by atoms with Gasteiger partial charge in [0, 0.05) is 18.9 Å². The molecule has 0 aliphatic rings. The van der Waals surface area contributed by atoms with Gasteiger partial charge in [0.2, 0.25) is 0 Å². The number of carbonyl (C=O) groups excluding carboxylic acids is 2. The minimum absolute atomic E-state index is 0.0129. The second-order valence-corrected chi connectivity index (χ2v) is 3.40. The quantitative estimate of drug-likeness (QED) is 0.713. The molecule has 0 fully saturated rings. The third kappa shape index (κ3) is 2.62. The summed E-state index contributed by atoms with van der Waals surface area (Å²) in [7, 11) is 4.40. The van der Waals surface area contributed by atoms with E-state index in [0.717, 1.165) is 5.69 Å². The van der Waals surface area contributed by atoms with Crippen molar-refractivity contribution in [1.29, 1.82) is 0 Å². The lowest BCUT2D eigenvalue weighted by molar-refractivity contribution is -0.149. The highest BCUT2D eigenvalue weighted by molar-refractivity contribution is 5.83. The van der Waals surface area contributed by atoms with Crippen LogP contribution in [0.15, 0.2) is 18.3 Å². The molecule has 1 unspecified atom stereocenters. The molecule has 0 aliphatic carbocycles. The van der Waals surface area contributed by atoms with E-state index in [1.165, 1.54) is 14.2 Å². The third-order valence-electron chi connectivity index (χ3n) is 2.43. The molecule has 1 aromatic rings. The first-order valence-corrected chi connectivity index (χ1v) is 4.86. The second kappa shape index (κ2) is 5.34. The van der Waals surface area contributed by atoms with Crippen LogP contribution in [0.5, 0.6) is 0 Å². The lowest BCUT2D eigenvalue weighted by atomic mass is 10.0. The fourth-order valence-electron chi connectivity index (χ4n) is 1.54. The minimum atomic E-state index is -0.613. The van der Waals surface area contributed by atoms with Crippen molar-refractivity contribution in [1.82, 2.24) is 4.57 Å². The second-order valence-electron chi connectivity index (χ2n) is 3.40. The molecule has 88 valence electrons. The van der Waals surface area contributed by atoms with Crippen LogP contribution in [-0.2, 0) is 26.1 Å². The van der Waals surface area contributed by atoms with E-state index in [0.29, 0.717) is 0 Å². The SMILES string of the molecule is COC(=O)CC(C(=O)OC)c1cccn1C. The summed E-state index contributed by atoms with van der Waals surface area (Å²) in [5.41, 5.74) is 0.734. The zero-order valence-corrected chi connectivity index (χ0v) is 9.60. The summed E-state index contributed by atoms with van der Waals surface area (Å²) in [6, 6.07) is 3.59. The van der Waals surface area contributed by atoms with E-state index in [9.17, 15) is 9.59 Å². The van der Waals surface area contributed by atoms with Crippen molar-refractivity contribution in [3.8, 4) is 0 Å². The van der Waals surface area contributed by atoms with Gasteiger partial charge in [0.1, 0.15) is 5.92 Å². The molecule has 0 spiro atoms. The van der Waals surface area contributed by atoms with Crippen molar-refractivity contribution in [2.45, 2.75) is 12.3 Å². The summed E-state index contributed by atoms with van der Waals surface area (Å²) in [6.07, 6.45) is 1.80. The molecular weight excluding hydrogens is 210 g/mol. The van der Waals surface area contributed by atoms with E-state index in [1.807, 2.05) is 19.3 Å². The Morgan fingerprint density at radius 3 is 2.50 bits per heavy atom. The number of nitrogens with zero attached hydrogens (tertiary/aromatic N) is 1. The van der Waals surface area contributed by atoms with Crippen LogP contribution < -0.4 is 0 Å². The van der Waals surface area contributed by atoms with Gasteiger partial charge in [-0.25, -0.2) is 0 Å². The van der Waals surface area contributed by atoms with Crippen molar-refractivity contribution in [3.63, 3.8) is 0 Å². The molecule has 5 heteroatoms. The maximum atomic E-state index is 11.6. The normalized spacial score (nSPS) is 11.9. The zero-order chi connectivity index (χ0) is 12.1. The van der Waals surface area contributed by atoms with Gasteiger partial charge in [0.05, 0.1) is 20.6 Å². The third-order valence-corrected chi connectivity index (χ3v) is 2.43. The fraction of sp³-hybridized carbons (Fsp3) is 0.455. The van der Waals surface area contributed by atoms with E-state index >= 15 is 0 Å². The summed E-state index contributed by atoms with van der Waals surface area (Å²) < 4.78 is 11.0. The molecule has 0 saturated heterocycles. The Bertz CT molecular complexity index is 383. The predicted octanol–water partition coefficient (Wildman–Crippen LogP) is 0.845. The van der Waals surface area contributed by atoms with Crippen LogP contribution in [0.2, 0.25) is 0 Å². The molecule has 0 aromatic carbocycles. The Morgan fingerprint density at radius 1 is 1.38 bits per heavy atom. The molecule has 16 heavy (non-hydrogen) atoms. The highest BCUT2D eigenvalue weighted by Crippen LogP contribution is 2.21. The van der Waals surface area contributed by atoms with Crippen LogP contribution in [0, 0.1) is 0 Å². The van der Waals surface area contributed by atoms with Gasteiger partial charge in [-0.15, -0.1) is 0 Å². The first-order chi connectivity index (χ1) is 7.60. The van der Waals surface area contributed by atoms with Gasteiger partial charge in [-0.3, -0.25) is 9.59 Å². The largest absolute Gasteiger partial charge is 0.469 e. The minimum Gasteiger partial charge on any atom is -0.469 e. The molecule has 0 amide bonds. The smallest absolute Gasteiger partial charge is 0.315 e. The Balaban J connectivity index is 2.92. The standard InChI is InChI=1S/C11H15NO4/c1-12-6-4-5-9(12)8(11(14)16-3)7-10(13)15-2/h4-6,8H,7H2,1-3H3. The van der Waals surface area contributed by atoms with Gasteiger partial charge in [-0.05, 0) is 12.1 Å². The Kier molecular flexibility index (Phi) is 4.10. The molecular formula is C11H15NO4. The molecule has 0 aliphatic heterocycles. The van der Waals surface area contributed by atoms with Gasteiger partial charge < -0.3 is 14.0 Å². The van der Waals surface area contributed by atoms with E-state index in [4.69, 9.17) is 0 Å². The molecule has 1 heterocycles. The van der Waals surface area contributed by atoms with Gasteiger partial charge in [0.25, 0.3) is 0 Å². The topological polar surface area (TPSA) is 57.5 Å². The summed E-state index contributed by atoms with van der Waals surface area (Å²) in [5, 5.41) is 0. The van der Waals surface area contributed by atoms with E-state index < -0.39 is 17.9 Å². The number of hydrogen-bond acceptors (Lipinski definition) is 4. The van der Waals surface area contributed by atoms with Crippen LogP contribution in [0.3, 0.4) is 0 Å². The van der Waals surface area contributed by atoms with Gasteiger partial charge in [-0.2, -0.15) is 0 Å². The summed E-state index contributed by atoms with van der Waals surface area (Å²) in [5.74, 6) is -1.48. The predicted molar refractivity (Wildman–Crippen MR) is 56.8 cm³/mol. The number of aromatic nitrogens is 1. The average molecular weight is 225 g/mol. The van der Waals surface area contributed by atoms with Crippen molar-refractivity contribution in [3.05, 3.63) is 24.0 Å². The van der Waals surface area contributed by atoms with Crippen LogP contribution in [0.1, 0.15) is 18.0 Å². The Morgan fingerprint density at radius 2 is 2.06 bits per heavy atom. The Labute approximate surface area is 94.0 Å². The number of hydrogen-bond donors (Lipinski definition) is 0. The molecule has 0 N–H and O–H groups in total. The maximum absolute atomic E-state index is 11.6. The van der Waals surface area contributed by atoms with Gasteiger partial charge in [0.15, 0.2) is 0 Å². The maximum Gasteiger partial charge on any atom is 0.315 e. The summed E-state index contributed by atoms with van der Waals surface area (Å²) >= 11 is 0. The van der Waals surface area contributed by atoms with Crippen molar-refractivity contribution < 1.29 is 19.1 Å². The fourth-order valence-corrected chi connectivity index (χ4v) is 1.54. The van der Waals surface area contributed by atoms with Crippen LogP contribution in [0.4, 0.5) is 0 Å². The lowest BCUT2D eigenvalue weighted by Crippen LogP contribution is -2.20. The number of methoxy groups -OCH3 is 2. The van der Waals surface area contributed by atoms with E-state index in [2.05, 4.69) is 9.47 Å². The molecule has 0 saturated carbocycles. The van der Waals surface area contributed by atoms with Crippen LogP contribution in [-0.4, -0.2) is 30.7 Å². The van der Waals surface area contributed by atoms with Crippen LogP contribution in [0.25, 0.3) is 0 Å². The molecule has 0 radical (unpaired) electrons. The molecule has 1 atom stereocenters. The van der Waals surface area contributed by atoms with Crippen LogP contribution >= 0.6 is 0 Å². The van der Waals surface area contributed by atoms with Crippen molar-refractivity contribution >= 4 is 11.9 Å². The lowest BCUT2D eigenvalue weighted by Gasteiger charge is -2.14. The van der Waals surface area contributed by atoms with Crippen molar-refractivity contribution in [2.24, 2.45) is 7.05 Å². The Hall–Kier alpha value is -1.78. The number of ether oxygens (including phenoxy) is 2. The number of carbonyl (C=O) groups is 2. The van der Waals surface area contributed by atoms with E-state index in [1.54, 1.807) is 10.6 Å². The first-order valence-electron chi connectivity index (χ1n) is 4.86. The highest BCUT2D eigenvalue weighted by Gasteiger charge is 2.26. The molecule has 0 bridgehead atoms.